The third kappa shape index (κ3) is 14.9. The van der Waals surface area contributed by atoms with E-state index in [1.165, 1.54) is 4.90 Å². The van der Waals surface area contributed by atoms with Gasteiger partial charge in [-0.25, -0.2) is 0 Å². The fourth-order valence-electron chi connectivity index (χ4n) is 8.87. The van der Waals surface area contributed by atoms with Crippen molar-refractivity contribution in [3.63, 3.8) is 0 Å². The van der Waals surface area contributed by atoms with E-state index in [4.69, 9.17) is 14.2 Å². The second-order valence-corrected chi connectivity index (χ2v) is 18.4. The van der Waals surface area contributed by atoms with Crippen molar-refractivity contribution in [2.45, 2.75) is 135 Å². The number of amides is 5. The summed E-state index contributed by atoms with van der Waals surface area (Å²) >= 11 is 0. The highest BCUT2D eigenvalue weighted by Gasteiger charge is 2.40. The summed E-state index contributed by atoms with van der Waals surface area (Å²) in [5, 5.41) is 8.07. The summed E-state index contributed by atoms with van der Waals surface area (Å²) < 4.78 is 16.9. The van der Waals surface area contributed by atoms with Gasteiger partial charge < -0.3 is 34.6 Å². The number of carbonyl (C=O) groups excluding carboxylic acids is 7. The van der Waals surface area contributed by atoms with Crippen LogP contribution in [0.3, 0.4) is 0 Å². The van der Waals surface area contributed by atoms with Crippen LogP contribution in [0.4, 0.5) is 0 Å². The number of nitrogens with zero attached hydrogens (tertiary/aromatic N) is 2. The number of ether oxygens (including phenoxy) is 3. The molecule has 356 valence electrons. The van der Waals surface area contributed by atoms with Gasteiger partial charge in [0.2, 0.25) is 23.5 Å². The number of carbonyl (C=O) groups is 7. The summed E-state index contributed by atoms with van der Waals surface area (Å²) in [6.07, 6.45) is 9.92. The Kier molecular flexibility index (Phi) is 19.4. The van der Waals surface area contributed by atoms with Crippen LogP contribution in [0, 0.1) is 11.3 Å². The molecular weight excluding hydrogens is 831 g/mol. The molecule has 0 saturated carbocycles. The van der Waals surface area contributed by atoms with Gasteiger partial charge in [0.1, 0.15) is 11.8 Å². The molecule has 0 radical (unpaired) electrons. The fraction of sp³-hybridized carbons (Fsp3) is 0.620. The Morgan fingerprint density at radius 3 is 2.35 bits per heavy atom. The van der Waals surface area contributed by atoms with Crippen LogP contribution in [0.25, 0.3) is 0 Å². The molecule has 0 bridgehead atoms. The lowest BCUT2D eigenvalue weighted by atomic mass is 9.82. The summed E-state index contributed by atoms with van der Waals surface area (Å²) in [5.74, 6) is -0.765. The fourth-order valence-corrected chi connectivity index (χ4v) is 8.87. The van der Waals surface area contributed by atoms with Crippen molar-refractivity contribution in [3.05, 3.63) is 53.6 Å². The van der Waals surface area contributed by atoms with Crippen LogP contribution < -0.4 is 30.2 Å². The summed E-state index contributed by atoms with van der Waals surface area (Å²) in [6.45, 7) is 8.80. The predicted octanol–water partition coefficient (Wildman–Crippen LogP) is 5.45. The zero-order valence-electron chi connectivity index (χ0n) is 39.2. The monoisotopic (exact) mass is 902 g/mol. The molecule has 2 aromatic carbocycles. The Morgan fingerprint density at radius 1 is 0.877 bits per heavy atom. The average molecular weight is 902 g/mol. The maximum atomic E-state index is 14.2. The first-order valence-corrected chi connectivity index (χ1v) is 23.7. The van der Waals surface area contributed by atoms with E-state index in [0.29, 0.717) is 62.4 Å². The van der Waals surface area contributed by atoms with Crippen molar-refractivity contribution >= 4 is 41.1 Å². The number of benzene rings is 2. The molecular formula is C50H71N5O10. The number of hydrogen-bond acceptors (Lipinski definition) is 11. The van der Waals surface area contributed by atoms with Gasteiger partial charge in [-0.05, 0) is 132 Å². The summed E-state index contributed by atoms with van der Waals surface area (Å²) in [5.41, 5.74) is 1.09. The van der Waals surface area contributed by atoms with E-state index in [2.05, 4.69) is 20.9 Å². The lowest BCUT2D eigenvalue weighted by Crippen LogP contribution is -2.54. The molecule has 3 heterocycles. The van der Waals surface area contributed by atoms with E-state index in [1.54, 1.807) is 34.1 Å². The number of rotatable bonds is 24. The van der Waals surface area contributed by atoms with Gasteiger partial charge in [-0.2, -0.15) is 0 Å². The predicted molar refractivity (Wildman–Crippen MR) is 246 cm³/mol. The van der Waals surface area contributed by atoms with Crippen molar-refractivity contribution in [1.82, 2.24) is 25.8 Å². The molecule has 0 spiro atoms. The number of nitrogens with one attached hydrogen (secondary N) is 3. The molecule has 3 fully saturated rings. The Hall–Kier alpha value is -5.31. The van der Waals surface area contributed by atoms with Gasteiger partial charge in [0.15, 0.2) is 23.9 Å². The number of unbranched alkanes of at least 4 members (excludes halogenated alkanes) is 3. The zero-order valence-corrected chi connectivity index (χ0v) is 39.2. The van der Waals surface area contributed by atoms with Crippen molar-refractivity contribution in [3.8, 4) is 17.2 Å². The van der Waals surface area contributed by atoms with Gasteiger partial charge in [-0.15, -0.1) is 0 Å². The van der Waals surface area contributed by atoms with Gasteiger partial charge in [-0.1, -0.05) is 51.8 Å². The molecule has 3 atom stereocenters. The Balaban J connectivity index is 1.07. The minimum Gasteiger partial charge on any atom is -0.493 e. The lowest BCUT2D eigenvalue weighted by molar-refractivity contribution is -0.153. The molecule has 0 aromatic heterocycles. The van der Waals surface area contributed by atoms with Gasteiger partial charge in [0, 0.05) is 37.3 Å². The first kappa shape index (κ1) is 50.7. The number of piperidine rings is 3. The smallest absolute Gasteiger partial charge is 0.291 e. The van der Waals surface area contributed by atoms with Crippen LogP contribution in [0.5, 0.6) is 17.2 Å². The standard InChI is InChI=1S/C50H71N5O10/c1-6-50(2,3)46(59)49(62)55-27-12-9-16-40(55)41(56)32-37(19-17-34-18-21-42(63-4)43(30-34)64-5)36-14-13-15-38(31-36)65-33-45(58)51-25-10-7-8-11-26-54-28-23-35(24-29-54)47(60)52-39-20-22-44(57)53-48(39)61/h13-15,18,21,30-31,35,37,39-40H,6-12,16-17,19-20,22-29,32-33H2,1-5H3,(H,51,58)(H,52,60)(H,53,57,61)/t37-,39?,40?/m0/s1. The van der Waals surface area contributed by atoms with Crippen LogP contribution >= 0.6 is 0 Å². The van der Waals surface area contributed by atoms with Crippen LogP contribution in [-0.2, 0) is 40.0 Å². The second-order valence-electron chi connectivity index (χ2n) is 18.4. The maximum Gasteiger partial charge on any atom is 0.291 e. The van der Waals surface area contributed by atoms with Crippen molar-refractivity contribution in [2.75, 3.05) is 53.6 Å². The number of ketones is 2. The van der Waals surface area contributed by atoms with Crippen LogP contribution in [0.15, 0.2) is 42.5 Å². The Bertz CT molecular complexity index is 1980. The van der Waals surface area contributed by atoms with Crippen molar-refractivity contribution in [2.24, 2.45) is 11.3 Å². The molecule has 0 aliphatic carbocycles. The Labute approximate surface area is 384 Å². The zero-order chi connectivity index (χ0) is 46.9. The number of imide groups is 1. The molecule has 5 amide bonds. The molecule has 15 nitrogen and oxygen atoms in total. The van der Waals surface area contributed by atoms with E-state index in [0.717, 1.165) is 82.1 Å². The number of likely N-dealkylation sites (tertiary alicyclic amines) is 2. The van der Waals surface area contributed by atoms with E-state index in [-0.39, 0.29) is 54.8 Å². The van der Waals surface area contributed by atoms with Crippen LogP contribution in [0.2, 0.25) is 0 Å². The first-order valence-electron chi connectivity index (χ1n) is 23.7. The highest BCUT2D eigenvalue weighted by Crippen LogP contribution is 2.34. The van der Waals surface area contributed by atoms with E-state index in [9.17, 15) is 33.6 Å². The second kappa shape index (κ2) is 24.8. The highest BCUT2D eigenvalue weighted by atomic mass is 16.5. The van der Waals surface area contributed by atoms with Crippen LogP contribution in [0.1, 0.15) is 128 Å². The summed E-state index contributed by atoms with van der Waals surface area (Å²) in [6, 6.07) is 12.0. The largest absolute Gasteiger partial charge is 0.493 e. The van der Waals surface area contributed by atoms with E-state index >= 15 is 0 Å². The number of aryl methyl sites for hydroxylation is 1. The SMILES string of the molecule is CCC(C)(C)C(=O)C(=O)N1CCCCC1C(=O)C[C@H](CCc1ccc(OC)c(OC)c1)c1cccc(OCC(=O)NCCCCCCN2CCC(C(=O)NC3CCC(=O)NC3=O)CC2)c1. The minimum absolute atomic E-state index is 0.0703. The lowest BCUT2D eigenvalue weighted by Gasteiger charge is -2.36. The minimum atomic E-state index is -0.809. The van der Waals surface area contributed by atoms with E-state index < -0.39 is 35.1 Å². The summed E-state index contributed by atoms with van der Waals surface area (Å²) in [4.78, 5) is 93.9. The highest BCUT2D eigenvalue weighted by molar-refractivity contribution is 6.38. The van der Waals surface area contributed by atoms with Gasteiger partial charge in [0.05, 0.1) is 20.3 Å². The molecule has 2 aromatic rings. The van der Waals surface area contributed by atoms with Crippen LogP contribution in [-0.4, -0.2) is 117 Å². The van der Waals surface area contributed by atoms with Crippen molar-refractivity contribution < 1.29 is 47.8 Å². The molecule has 65 heavy (non-hydrogen) atoms. The normalized spacial score (nSPS) is 18.9. The topological polar surface area (TPSA) is 190 Å². The molecule has 3 aliphatic rings. The molecule has 3 aliphatic heterocycles. The molecule has 3 saturated heterocycles. The van der Waals surface area contributed by atoms with Gasteiger partial charge in [-0.3, -0.25) is 38.9 Å². The molecule has 2 unspecified atom stereocenters. The Morgan fingerprint density at radius 2 is 1.63 bits per heavy atom. The molecule has 15 heteroatoms. The molecule has 3 N–H and O–H groups in total. The van der Waals surface area contributed by atoms with Crippen molar-refractivity contribution in [1.29, 1.82) is 0 Å². The van der Waals surface area contributed by atoms with E-state index in [1.807, 2.05) is 43.3 Å². The third-order valence-corrected chi connectivity index (χ3v) is 13.4. The number of hydrogen-bond donors (Lipinski definition) is 3. The maximum absolute atomic E-state index is 14.2. The third-order valence-electron chi connectivity index (χ3n) is 13.4. The number of Topliss-reactive ketones (excluding diaryl/α,β-unsaturated/α-hetero) is 2. The van der Waals surface area contributed by atoms with Gasteiger partial charge >= 0.3 is 0 Å². The quantitative estimate of drug-likeness (QED) is 0.0690. The first-order chi connectivity index (χ1) is 31.2. The van der Waals surface area contributed by atoms with Gasteiger partial charge in [0.25, 0.3) is 11.8 Å². The number of methoxy groups -OCH3 is 2. The average Bonchev–Trinajstić information content (AvgIpc) is 3.32. The molecule has 5 rings (SSSR count). The summed E-state index contributed by atoms with van der Waals surface area (Å²) in [7, 11) is 3.18.